The number of aromatic hydroxyl groups is 2. The fourth-order valence-corrected chi connectivity index (χ4v) is 5.65. The Kier molecular flexibility index (Phi) is 21.8. The van der Waals surface area contributed by atoms with E-state index in [4.69, 9.17) is 21.9 Å². The maximum Gasteiger partial charge on any atom is 0.335 e. The second-order valence-corrected chi connectivity index (χ2v) is 14.2. The van der Waals surface area contributed by atoms with Gasteiger partial charge in [0.15, 0.2) is 35.7 Å². The van der Waals surface area contributed by atoms with Gasteiger partial charge in [0.25, 0.3) is 5.91 Å². The van der Waals surface area contributed by atoms with Crippen LogP contribution in [0.3, 0.4) is 0 Å². The van der Waals surface area contributed by atoms with Gasteiger partial charge in [-0.1, -0.05) is 12.5 Å². The Bertz CT molecular complexity index is 1950. The van der Waals surface area contributed by atoms with Crippen molar-refractivity contribution in [3.8, 4) is 11.5 Å². The lowest BCUT2D eigenvalue weighted by Crippen LogP contribution is -2.60. The van der Waals surface area contributed by atoms with Crippen LogP contribution in [0.5, 0.6) is 11.5 Å². The van der Waals surface area contributed by atoms with E-state index in [-0.39, 0.29) is 43.9 Å². The zero-order valence-corrected chi connectivity index (χ0v) is 34.4. The van der Waals surface area contributed by atoms with Crippen molar-refractivity contribution >= 4 is 65.2 Å². The molecule has 0 aromatic heterocycles. The number of nitrogens with two attached hydrogens (primary N) is 3. The van der Waals surface area contributed by atoms with Gasteiger partial charge in [0, 0.05) is 19.1 Å². The summed E-state index contributed by atoms with van der Waals surface area (Å²) < 4.78 is 4.97. The summed E-state index contributed by atoms with van der Waals surface area (Å²) >= 11 is 0. The number of carbonyl (C=O) groups is 10. The number of amides is 7. The summed E-state index contributed by atoms with van der Waals surface area (Å²) in [5.74, 6) is -15.5. The molecule has 65 heavy (non-hydrogen) atoms. The Morgan fingerprint density at radius 1 is 0.815 bits per heavy atom. The topological polar surface area (TPSA) is 496 Å². The van der Waals surface area contributed by atoms with E-state index in [1.54, 1.807) is 5.32 Å². The van der Waals surface area contributed by atoms with Crippen LogP contribution in [-0.4, -0.2) is 182 Å². The largest absolute Gasteiger partial charge is 0.504 e. The van der Waals surface area contributed by atoms with E-state index in [0.29, 0.717) is 12.8 Å². The van der Waals surface area contributed by atoms with Gasteiger partial charge in [0.1, 0.15) is 24.7 Å². The Labute approximate surface area is 367 Å². The molecule has 1 aliphatic heterocycles. The first-order valence-corrected chi connectivity index (χ1v) is 19.5. The third-order valence-corrected chi connectivity index (χ3v) is 9.17. The third-order valence-electron chi connectivity index (χ3n) is 9.17. The smallest absolute Gasteiger partial charge is 0.335 e. The molecule has 1 aromatic rings. The molecule has 7 amide bonds. The third kappa shape index (κ3) is 18.1. The molecular formula is C36H53N11O18. The molecule has 0 aliphatic carbocycles. The molecule has 2 rings (SSSR count). The van der Waals surface area contributed by atoms with Crippen molar-refractivity contribution in [3.63, 3.8) is 0 Å². The highest BCUT2D eigenvalue weighted by Crippen LogP contribution is 2.28. The normalized spacial score (nSPS) is 21.0. The number of aliphatic carboxylic acids is 2. The molecule has 29 nitrogen and oxygen atoms in total. The number of aliphatic hydroxyl groups excluding tert-OH is 3. The second kappa shape index (κ2) is 26.3. The zero-order chi connectivity index (χ0) is 49.0. The van der Waals surface area contributed by atoms with Gasteiger partial charge in [0.05, 0.1) is 31.2 Å². The predicted octanol–water partition coefficient (Wildman–Crippen LogP) is -8.25. The van der Waals surface area contributed by atoms with Crippen LogP contribution in [0, 0.1) is 0 Å². The number of hydrogen-bond donors (Lipinski definition) is 17. The number of aliphatic hydroxyl groups is 3. The van der Waals surface area contributed by atoms with Crippen molar-refractivity contribution < 1.29 is 88.4 Å². The van der Waals surface area contributed by atoms with Crippen molar-refractivity contribution in [2.45, 2.75) is 87.0 Å². The highest BCUT2D eigenvalue weighted by atomic mass is 16.5. The van der Waals surface area contributed by atoms with Crippen LogP contribution in [0.1, 0.15) is 48.9 Å². The fourth-order valence-electron chi connectivity index (χ4n) is 5.65. The van der Waals surface area contributed by atoms with Crippen LogP contribution < -0.4 is 54.4 Å². The van der Waals surface area contributed by atoms with E-state index in [9.17, 15) is 83.7 Å². The quantitative estimate of drug-likeness (QED) is 0.0214. The molecular weight excluding hydrogens is 874 g/mol. The van der Waals surface area contributed by atoms with Crippen molar-refractivity contribution in [2.75, 3.05) is 32.8 Å². The Balaban J connectivity index is 2.28. The van der Waals surface area contributed by atoms with Crippen LogP contribution in [0.4, 0.5) is 0 Å². The van der Waals surface area contributed by atoms with Crippen LogP contribution in [0.15, 0.2) is 23.2 Å². The zero-order valence-electron chi connectivity index (χ0n) is 34.4. The van der Waals surface area contributed by atoms with Crippen molar-refractivity contribution in [1.82, 2.24) is 37.2 Å². The molecule has 0 spiro atoms. The Morgan fingerprint density at radius 3 is 2.06 bits per heavy atom. The number of cyclic esters (lactones) is 1. The number of phenolic OH excluding ortho intramolecular Hbond substituents is 2. The molecule has 1 aromatic carbocycles. The van der Waals surface area contributed by atoms with E-state index >= 15 is 0 Å². The number of guanidine groups is 1. The Morgan fingerprint density at radius 2 is 1.43 bits per heavy atom. The van der Waals surface area contributed by atoms with E-state index in [2.05, 4.69) is 26.3 Å². The summed E-state index contributed by atoms with van der Waals surface area (Å²) in [7, 11) is 0. The van der Waals surface area contributed by atoms with Gasteiger partial charge in [0.2, 0.25) is 35.4 Å². The summed E-state index contributed by atoms with van der Waals surface area (Å²) in [6.45, 7) is -3.33. The van der Waals surface area contributed by atoms with E-state index in [1.807, 2.05) is 10.6 Å². The molecule has 29 heteroatoms. The first-order chi connectivity index (χ1) is 30.5. The number of carboxylic acid groups (broad SMARTS) is 2. The molecule has 0 unspecified atom stereocenters. The number of esters is 1. The van der Waals surface area contributed by atoms with Crippen molar-refractivity contribution in [2.24, 2.45) is 22.2 Å². The van der Waals surface area contributed by atoms with E-state index in [1.165, 1.54) is 18.2 Å². The minimum absolute atomic E-state index is 0.0225. The summed E-state index contributed by atoms with van der Waals surface area (Å²) in [5.41, 5.74) is 16.5. The van der Waals surface area contributed by atoms with Crippen LogP contribution >= 0.6 is 0 Å². The number of carboxylic acids is 2. The molecule has 1 saturated heterocycles. The second-order valence-electron chi connectivity index (χ2n) is 14.2. The molecule has 20 N–H and O–H groups in total. The number of unbranched alkanes of at least 4 members (excludes halogenated alkanes) is 1. The summed E-state index contributed by atoms with van der Waals surface area (Å²) in [6, 6.07) is -5.58. The van der Waals surface area contributed by atoms with Crippen LogP contribution in [0.25, 0.3) is 0 Å². The van der Waals surface area contributed by atoms with Crippen molar-refractivity contribution in [3.05, 3.63) is 23.8 Å². The Hall–Kier alpha value is -7.37. The van der Waals surface area contributed by atoms with Gasteiger partial charge in [-0.2, -0.15) is 0 Å². The highest BCUT2D eigenvalue weighted by Gasteiger charge is 2.38. The molecule has 1 fully saturated rings. The monoisotopic (exact) mass is 927 g/mol. The number of benzene rings is 1. The average Bonchev–Trinajstić information content (AvgIpc) is 3.24. The lowest BCUT2D eigenvalue weighted by Gasteiger charge is -2.25. The molecule has 8 atom stereocenters. The molecule has 1 aliphatic rings. The summed E-state index contributed by atoms with van der Waals surface area (Å²) in [4.78, 5) is 131. The number of nitrogens with zero attached hydrogens (tertiary/aromatic N) is 1. The lowest BCUT2D eigenvalue weighted by molar-refractivity contribution is -0.161. The van der Waals surface area contributed by atoms with Crippen LogP contribution in [0.2, 0.25) is 0 Å². The molecule has 0 radical (unpaired) electrons. The standard InChI is InChI=1S/C36H53N11O18/c37-16(6-1-2-9-40-29(56)15-5-3-8-19(48)26(15)53)20(49)11-21(50)45-18-14-65-35(64)25(28(55)34(62)63)46-23(52)13-43-32(59)24(27(54)33(60)61)47-31(58)17(7-4-10-41-36(38)39)44-22(51)12-42-30(18)57/h3,5,8,16-18,20,24-25,27-28,48-49,53-55H,1-2,4,6-7,9-14,37H2,(H,40,56)(H,42,57)(H,43,59)(H,44,51)(H,45,50)(H,46,52)(H,47,58)(H,60,61)(H,62,63)(H4,38,39,41)/t16-,17+,18-,20+,24+,25+,27+,28+/m1/s1. The number of hydrogen-bond acceptors (Lipinski definition) is 18. The van der Waals surface area contributed by atoms with E-state index < -0.39 is 145 Å². The minimum Gasteiger partial charge on any atom is -0.504 e. The minimum atomic E-state index is -2.73. The SMILES string of the molecule is NC(N)=NCCC[C@@H]1NC(=O)CNC(=O)[C@H](NC(=O)C[C@H](O)[C@H](N)CCCCNC(=O)c2cccc(O)c2O)COC(=O)[C@H]([C@H](O)C(=O)O)NC(=O)CNC(=O)[C@H]([C@H](O)C(=O)O)NC1=O. The number of para-hydroxylation sites is 1. The summed E-state index contributed by atoms with van der Waals surface area (Å²) in [5, 5.41) is 83.9. The highest BCUT2D eigenvalue weighted by molar-refractivity contribution is 5.99. The van der Waals surface area contributed by atoms with Crippen LogP contribution in [-0.2, 0) is 47.9 Å². The number of aliphatic imine (C=N–C) groups is 1. The number of carbonyl (C=O) groups excluding carboxylic acids is 8. The van der Waals surface area contributed by atoms with E-state index in [0.717, 1.165) is 0 Å². The molecule has 360 valence electrons. The number of ether oxygens (including phenoxy) is 1. The van der Waals surface area contributed by atoms with Gasteiger partial charge in [-0.15, -0.1) is 0 Å². The number of rotatable bonds is 18. The summed E-state index contributed by atoms with van der Waals surface area (Å²) in [6.07, 6.45) is -7.28. The first-order valence-electron chi connectivity index (χ1n) is 19.5. The molecule has 0 saturated carbocycles. The average molecular weight is 928 g/mol. The lowest BCUT2D eigenvalue weighted by atomic mass is 10.0. The molecule has 0 bridgehead atoms. The van der Waals surface area contributed by atoms with Crippen molar-refractivity contribution in [1.29, 1.82) is 0 Å². The van der Waals surface area contributed by atoms with Gasteiger partial charge >= 0.3 is 17.9 Å². The molecule has 1 heterocycles. The van der Waals surface area contributed by atoms with Gasteiger partial charge in [-0.05, 0) is 37.8 Å². The predicted molar refractivity (Wildman–Crippen MR) is 216 cm³/mol. The number of nitrogens with one attached hydrogen (secondary N) is 7. The first kappa shape index (κ1) is 53.8. The maximum atomic E-state index is 13.4. The van der Waals surface area contributed by atoms with Gasteiger partial charge in [-0.25, -0.2) is 14.4 Å². The van der Waals surface area contributed by atoms with Gasteiger partial charge in [-0.3, -0.25) is 38.6 Å². The number of phenols is 2. The van der Waals surface area contributed by atoms with Gasteiger partial charge < -0.3 is 94.9 Å². The maximum absolute atomic E-state index is 13.4. The fraction of sp³-hybridized carbons (Fsp3) is 0.528.